The van der Waals surface area contributed by atoms with Gasteiger partial charge in [-0.2, -0.15) is 4.67 Å². The number of nitrogens with zero attached hydrogens (tertiary/aromatic N) is 1. The number of aldehydes is 4. The zero-order valence-electron chi connectivity index (χ0n) is 21.9. The summed E-state index contributed by atoms with van der Waals surface area (Å²) in [7, 11) is -4.50. The van der Waals surface area contributed by atoms with E-state index in [-0.39, 0.29) is 24.8 Å². The molecule has 1 heterocycles. The number of halogens is 2. The van der Waals surface area contributed by atoms with Gasteiger partial charge in [0.2, 0.25) is 0 Å². The van der Waals surface area contributed by atoms with Crippen molar-refractivity contribution in [1.29, 1.82) is 0 Å². The highest BCUT2D eigenvalue weighted by Gasteiger charge is 2.53. The Hall–Kier alpha value is -0.830. The first-order valence-electron chi connectivity index (χ1n) is 11.9. The van der Waals surface area contributed by atoms with Gasteiger partial charge in [-0.15, -0.1) is 23.2 Å². The molecule has 2 N–H and O–H groups in total. The van der Waals surface area contributed by atoms with E-state index < -0.39 is 96.4 Å². The number of alkyl halides is 2. The lowest BCUT2D eigenvalue weighted by Gasteiger charge is -2.49. The van der Waals surface area contributed by atoms with E-state index in [0.717, 1.165) is 4.67 Å². The van der Waals surface area contributed by atoms with Crippen LogP contribution >= 0.6 is 30.9 Å². The lowest BCUT2D eigenvalue weighted by Crippen LogP contribution is -2.65. The van der Waals surface area contributed by atoms with Gasteiger partial charge in [0.15, 0.2) is 0 Å². The molecule has 0 bridgehead atoms. The van der Waals surface area contributed by atoms with Crippen LogP contribution in [0.2, 0.25) is 0 Å². The number of hydrogen-bond donors (Lipinski definition) is 2. The van der Waals surface area contributed by atoms with Crippen molar-refractivity contribution in [2.75, 3.05) is 57.9 Å². The predicted molar refractivity (Wildman–Crippen MR) is 119 cm³/mol. The maximum absolute atomic E-state index is 13.2. The third-order valence-corrected chi connectivity index (χ3v) is 6.54. The Bertz CT molecular complexity index is 865. The Morgan fingerprint density at radius 3 is 2.03 bits per heavy atom. The van der Waals surface area contributed by atoms with Gasteiger partial charge in [0, 0.05) is 24.8 Å². The average molecular weight is 555 g/mol. The van der Waals surface area contributed by atoms with Crippen LogP contribution in [0.1, 0.15) is 5.48 Å². The summed E-state index contributed by atoms with van der Waals surface area (Å²) < 4.78 is 70.1. The van der Waals surface area contributed by atoms with E-state index in [1.54, 1.807) is 0 Å². The largest absolute Gasteiger partial charge is 0.371 e. The molecule has 0 aromatic heterocycles. The second-order valence-corrected chi connectivity index (χ2v) is 9.15. The predicted octanol–water partition coefficient (Wildman–Crippen LogP) is -0.851. The van der Waals surface area contributed by atoms with Crippen LogP contribution in [0.5, 0.6) is 0 Å². The van der Waals surface area contributed by atoms with Gasteiger partial charge >= 0.3 is 7.67 Å². The van der Waals surface area contributed by atoms with Gasteiger partial charge in [0.1, 0.15) is 87.6 Å². The second kappa shape index (κ2) is 17.6. The normalized spacial score (nSPS) is 28.3. The molecule has 0 radical (unpaired) electrons. The van der Waals surface area contributed by atoms with Crippen LogP contribution in [0, 0.1) is 0 Å². The average Bonchev–Trinajstić information content (AvgIpc) is 2.82. The van der Waals surface area contributed by atoms with E-state index >= 15 is 0 Å². The molecular weight excluding hydrogens is 522 g/mol. The van der Waals surface area contributed by atoms with E-state index in [1.165, 1.54) is 0 Å². The number of carbonyl (C=O) groups excluding carboxylic acids is 4. The third-order valence-electron chi connectivity index (χ3n) is 4.42. The summed E-state index contributed by atoms with van der Waals surface area (Å²) in [4.78, 5) is 55.9. The maximum atomic E-state index is 13.2. The van der Waals surface area contributed by atoms with Gasteiger partial charge in [-0.3, -0.25) is 4.57 Å². The Morgan fingerprint density at radius 2 is 1.50 bits per heavy atom. The van der Waals surface area contributed by atoms with Crippen molar-refractivity contribution in [3.63, 3.8) is 0 Å². The molecule has 0 aliphatic carbocycles. The number of rotatable bonds is 20. The monoisotopic (exact) mass is 554 g/mol. The molecule has 1 fully saturated rings. The molecule has 13 nitrogen and oxygen atoms in total. The van der Waals surface area contributed by atoms with Crippen LogP contribution in [0.25, 0.3) is 0 Å². The van der Waals surface area contributed by atoms with Crippen LogP contribution in [0.15, 0.2) is 0 Å². The molecule has 2 unspecified atom stereocenters. The molecule has 196 valence electrons. The molecule has 1 aliphatic rings. The quantitative estimate of drug-likeness (QED) is 0.108. The van der Waals surface area contributed by atoms with Crippen LogP contribution < -0.4 is 5.09 Å². The Morgan fingerprint density at radius 1 is 0.941 bits per heavy atom. The fourth-order valence-electron chi connectivity index (χ4n) is 3.23. The standard InChI is InChI=1S/C18H29Cl2N2O11P/c19-1-3-21-34(27,28)22(4-2-20)18-17(32-12-8-26)16(31-11-7-25)15(30-10-6-24)14(33-18)13-29-9-5-23/h5-8,14-18H,1-4,9-13H2,(H2,21,27,28)/t14-,15-,16+,17-,18?/m1/s1/i5D,6D,7D,8D. The molecule has 0 amide bonds. The van der Waals surface area contributed by atoms with Crippen molar-refractivity contribution in [3.8, 4) is 0 Å². The lowest BCUT2D eigenvalue weighted by molar-refractivity contribution is -0.280. The van der Waals surface area contributed by atoms with Gasteiger partial charge in [0.25, 0.3) is 0 Å². The first-order chi connectivity index (χ1) is 17.8. The van der Waals surface area contributed by atoms with E-state index in [4.69, 9.17) is 52.4 Å². The molecule has 0 aromatic rings. The minimum absolute atomic E-state index is 0.0515. The van der Waals surface area contributed by atoms with Crippen molar-refractivity contribution in [2.45, 2.75) is 30.6 Å². The van der Waals surface area contributed by atoms with E-state index in [9.17, 15) is 28.6 Å². The lowest BCUT2D eigenvalue weighted by atomic mass is 9.97. The van der Waals surface area contributed by atoms with Crippen LogP contribution in [0.3, 0.4) is 0 Å². The zero-order valence-corrected chi connectivity index (χ0v) is 20.3. The maximum Gasteiger partial charge on any atom is 0.343 e. The van der Waals surface area contributed by atoms with Gasteiger partial charge < -0.3 is 47.8 Å². The summed E-state index contributed by atoms with van der Waals surface area (Å²) >= 11 is 11.5. The van der Waals surface area contributed by atoms with Crippen LogP contribution in [0.4, 0.5) is 0 Å². The van der Waals surface area contributed by atoms with Gasteiger partial charge in [-0.25, -0.2) is 5.09 Å². The third kappa shape index (κ3) is 9.67. The minimum atomic E-state index is -4.50. The van der Waals surface area contributed by atoms with Crippen molar-refractivity contribution < 1.29 is 57.8 Å². The summed E-state index contributed by atoms with van der Waals surface area (Å²) in [5.74, 6) is -0.264. The molecule has 34 heavy (non-hydrogen) atoms. The first-order valence-corrected chi connectivity index (χ1v) is 12.5. The molecule has 0 saturated carbocycles. The molecule has 1 saturated heterocycles. The summed E-state index contributed by atoms with van der Waals surface area (Å²) in [5, 5.41) is 2.35. The molecule has 0 spiro atoms. The van der Waals surface area contributed by atoms with Crippen molar-refractivity contribution in [2.24, 2.45) is 0 Å². The van der Waals surface area contributed by atoms with Crippen molar-refractivity contribution in [3.05, 3.63) is 0 Å². The minimum Gasteiger partial charge on any atom is -0.371 e. The summed E-state index contributed by atoms with van der Waals surface area (Å²) in [6.45, 7) is -4.15. The molecule has 16 heteroatoms. The summed E-state index contributed by atoms with van der Waals surface area (Å²) in [5.41, 5.74) is 0. The Labute approximate surface area is 212 Å². The highest BCUT2D eigenvalue weighted by atomic mass is 35.5. The van der Waals surface area contributed by atoms with E-state index in [2.05, 4.69) is 5.09 Å². The second-order valence-electron chi connectivity index (χ2n) is 6.48. The molecule has 1 rings (SSSR count). The fourth-order valence-corrected chi connectivity index (χ4v) is 5.20. The van der Waals surface area contributed by atoms with Gasteiger partial charge in [-0.05, 0) is 0 Å². The number of nitrogens with one attached hydrogen (secondary N) is 1. The van der Waals surface area contributed by atoms with E-state index in [0.29, 0.717) is 0 Å². The number of carbonyl (C=O) groups is 4. The molecule has 6 atom stereocenters. The Balaban J connectivity index is 3.60. The number of hydrogen-bond acceptors (Lipinski definition) is 10. The zero-order chi connectivity index (χ0) is 28.9. The van der Waals surface area contributed by atoms with Crippen LogP contribution in [-0.2, 0) is 47.4 Å². The van der Waals surface area contributed by atoms with Crippen LogP contribution in [-0.4, -0.2) is 123 Å². The topological polar surface area (TPSA) is 167 Å². The first kappa shape index (κ1) is 24.8. The van der Waals surface area contributed by atoms with Crippen molar-refractivity contribution in [1.82, 2.24) is 9.76 Å². The SMILES string of the molecule is [2H]C(=O)COC[C@H]1OC(N(CCCl)P(=O)(O)NCCCl)[C@H](OCC([2H])=O)[C@@H](OCC([2H])=O)[C@@H]1OCC([2H])=O. The summed E-state index contributed by atoms with van der Waals surface area (Å²) in [6, 6.07) is 0. The fraction of sp³-hybridized carbons (Fsp3) is 0.778. The summed E-state index contributed by atoms with van der Waals surface area (Å²) in [6.07, 6.45) is -12.1. The molecular formula is C18H29Cl2N2O11P. The highest BCUT2D eigenvalue weighted by Crippen LogP contribution is 2.45. The smallest absolute Gasteiger partial charge is 0.343 e. The molecule has 0 aromatic carbocycles. The highest BCUT2D eigenvalue weighted by molar-refractivity contribution is 7.53. The Kier molecular flexibility index (Phi) is 12.8. The van der Waals surface area contributed by atoms with Gasteiger partial charge in [-0.1, -0.05) is 0 Å². The van der Waals surface area contributed by atoms with Crippen molar-refractivity contribution >= 4 is 55.9 Å². The van der Waals surface area contributed by atoms with E-state index in [1.807, 2.05) is 0 Å². The van der Waals surface area contributed by atoms with Gasteiger partial charge in [0.05, 0.1) is 6.61 Å². The number of ether oxygens (including phenoxy) is 5. The molecule has 1 aliphatic heterocycles.